The third-order valence-corrected chi connectivity index (χ3v) is 3.28. The van der Waals surface area contributed by atoms with Gasteiger partial charge in [0.1, 0.15) is 0 Å². The summed E-state index contributed by atoms with van der Waals surface area (Å²) in [6, 6.07) is 0. The lowest BCUT2D eigenvalue weighted by Gasteiger charge is -2.31. The van der Waals surface area contributed by atoms with E-state index in [-0.39, 0.29) is 6.10 Å². The van der Waals surface area contributed by atoms with Gasteiger partial charge in [0, 0.05) is 26.2 Å². The number of nitrogens with zero attached hydrogens (tertiary/aromatic N) is 4. The topological polar surface area (TPSA) is 65.6 Å². The SMILES string of the molecule is CCCC(O)Cc1nc(N2CCN(C)CC2)no1. The summed E-state index contributed by atoms with van der Waals surface area (Å²) in [5.74, 6) is 1.19. The number of aromatic nitrogens is 2. The highest BCUT2D eigenvalue weighted by atomic mass is 16.5. The molecule has 1 saturated heterocycles. The number of rotatable bonds is 5. The third-order valence-electron chi connectivity index (χ3n) is 3.28. The number of aliphatic hydroxyl groups excluding tert-OH is 1. The fraction of sp³-hybridized carbons (Fsp3) is 0.833. The number of hydrogen-bond acceptors (Lipinski definition) is 6. The average Bonchev–Trinajstić information content (AvgIpc) is 2.78. The van der Waals surface area contributed by atoms with Crippen molar-refractivity contribution in [2.24, 2.45) is 0 Å². The Labute approximate surface area is 108 Å². The van der Waals surface area contributed by atoms with Crippen LogP contribution in [0.15, 0.2) is 4.52 Å². The molecule has 18 heavy (non-hydrogen) atoms. The van der Waals surface area contributed by atoms with Crippen molar-refractivity contribution in [1.29, 1.82) is 0 Å². The molecule has 0 aromatic carbocycles. The van der Waals surface area contributed by atoms with Crippen molar-refractivity contribution in [3.63, 3.8) is 0 Å². The van der Waals surface area contributed by atoms with Gasteiger partial charge in [0.05, 0.1) is 12.5 Å². The lowest BCUT2D eigenvalue weighted by atomic mass is 10.1. The minimum absolute atomic E-state index is 0.379. The normalized spacial score (nSPS) is 19.2. The van der Waals surface area contributed by atoms with E-state index in [1.807, 2.05) is 6.92 Å². The van der Waals surface area contributed by atoms with Crippen molar-refractivity contribution in [2.45, 2.75) is 32.3 Å². The van der Waals surface area contributed by atoms with Gasteiger partial charge >= 0.3 is 0 Å². The molecule has 1 aliphatic rings. The van der Waals surface area contributed by atoms with Gasteiger partial charge < -0.3 is 19.4 Å². The summed E-state index contributed by atoms with van der Waals surface area (Å²) in [5, 5.41) is 13.7. The zero-order valence-electron chi connectivity index (χ0n) is 11.2. The maximum Gasteiger partial charge on any atom is 0.266 e. The lowest BCUT2D eigenvalue weighted by molar-refractivity contribution is 0.152. The molecule has 1 fully saturated rings. The van der Waals surface area contributed by atoms with Gasteiger partial charge in [0.25, 0.3) is 5.95 Å². The highest BCUT2D eigenvalue weighted by molar-refractivity contribution is 5.28. The standard InChI is InChI=1S/C12H22N4O2/c1-3-4-10(17)9-11-13-12(14-18-11)16-7-5-15(2)6-8-16/h10,17H,3-9H2,1-2H3. The molecule has 1 atom stereocenters. The largest absolute Gasteiger partial charge is 0.393 e. The van der Waals surface area contributed by atoms with Crippen molar-refractivity contribution in [3.05, 3.63) is 5.89 Å². The maximum absolute atomic E-state index is 9.71. The average molecular weight is 254 g/mol. The van der Waals surface area contributed by atoms with Crippen molar-refractivity contribution in [2.75, 3.05) is 38.1 Å². The second-order valence-corrected chi connectivity index (χ2v) is 4.93. The Kier molecular flexibility index (Phi) is 4.54. The molecule has 2 rings (SSSR count). The Bertz CT molecular complexity index is 361. The van der Waals surface area contributed by atoms with Crippen LogP contribution in [0.3, 0.4) is 0 Å². The fourth-order valence-electron chi connectivity index (χ4n) is 2.10. The van der Waals surface area contributed by atoms with Crippen LogP contribution in [0.4, 0.5) is 5.95 Å². The van der Waals surface area contributed by atoms with Crippen LogP contribution in [0.25, 0.3) is 0 Å². The molecular formula is C12H22N4O2. The first-order valence-corrected chi connectivity index (χ1v) is 6.63. The Morgan fingerprint density at radius 2 is 2.06 bits per heavy atom. The Hall–Kier alpha value is -1.14. The first-order chi connectivity index (χ1) is 8.69. The first kappa shape index (κ1) is 13.3. The highest BCUT2D eigenvalue weighted by Crippen LogP contribution is 2.13. The Morgan fingerprint density at radius 1 is 1.33 bits per heavy atom. The molecule has 1 N–H and O–H groups in total. The predicted molar refractivity (Wildman–Crippen MR) is 68.6 cm³/mol. The second kappa shape index (κ2) is 6.15. The van der Waals surface area contributed by atoms with Crippen LogP contribution in [-0.4, -0.2) is 59.5 Å². The van der Waals surface area contributed by atoms with Gasteiger partial charge in [-0.3, -0.25) is 0 Å². The Morgan fingerprint density at radius 3 is 2.72 bits per heavy atom. The zero-order valence-corrected chi connectivity index (χ0v) is 11.2. The predicted octanol–water partition coefficient (Wildman–Crippen LogP) is 0.525. The molecule has 1 unspecified atom stereocenters. The molecule has 0 bridgehead atoms. The molecular weight excluding hydrogens is 232 g/mol. The van der Waals surface area contributed by atoms with Gasteiger partial charge in [0.2, 0.25) is 5.89 Å². The van der Waals surface area contributed by atoms with E-state index in [1.54, 1.807) is 0 Å². The monoisotopic (exact) mass is 254 g/mol. The number of piperazine rings is 1. The van der Waals surface area contributed by atoms with Crippen molar-refractivity contribution < 1.29 is 9.63 Å². The smallest absolute Gasteiger partial charge is 0.266 e. The number of hydrogen-bond donors (Lipinski definition) is 1. The molecule has 1 aromatic heterocycles. The van der Waals surface area contributed by atoms with Gasteiger partial charge in [-0.2, -0.15) is 4.98 Å². The van der Waals surface area contributed by atoms with E-state index in [0.717, 1.165) is 39.0 Å². The van der Waals surface area contributed by atoms with E-state index in [9.17, 15) is 5.11 Å². The van der Waals surface area contributed by atoms with Crippen molar-refractivity contribution in [1.82, 2.24) is 15.0 Å². The highest BCUT2D eigenvalue weighted by Gasteiger charge is 2.19. The van der Waals surface area contributed by atoms with Crippen LogP contribution < -0.4 is 4.90 Å². The molecule has 0 radical (unpaired) electrons. The van der Waals surface area contributed by atoms with E-state index in [0.29, 0.717) is 18.3 Å². The molecule has 0 saturated carbocycles. The molecule has 6 heteroatoms. The van der Waals surface area contributed by atoms with E-state index in [1.165, 1.54) is 0 Å². The minimum atomic E-state index is -0.379. The van der Waals surface area contributed by atoms with Crippen LogP contribution in [0.5, 0.6) is 0 Å². The molecule has 1 aliphatic heterocycles. The van der Waals surface area contributed by atoms with E-state index in [4.69, 9.17) is 4.52 Å². The summed E-state index contributed by atoms with van der Waals surface area (Å²) in [7, 11) is 2.11. The zero-order chi connectivity index (χ0) is 13.0. The summed E-state index contributed by atoms with van der Waals surface area (Å²) in [6.07, 6.45) is 1.80. The molecule has 2 heterocycles. The molecule has 0 aliphatic carbocycles. The molecule has 6 nitrogen and oxygen atoms in total. The quantitative estimate of drug-likeness (QED) is 0.826. The van der Waals surface area contributed by atoms with E-state index < -0.39 is 0 Å². The van der Waals surface area contributed by atoms with Crippen molar-refractivity contribution >= 4 is 5.95 Å². The summed E-state index contributed by atoms with van der Waals surface area (Å²) >= 11 is 0. The number of likely N-dealkylation sites (N-methyl/N-ethyl adjacent to an activating group) is 1. The van der Waals surface area contributed by atoms with Crippen LogP contribution >= 0.6 is 0 Å². The van der Waals surface area contributed by atoms with Gasteiger partial charge in [-0.15, -0.1) is 0 Å². The summed E-state index contributed by atoms with van der Waals surface area (Å²) in [6.45, 7) is 5.93. The summed E-state index contributed by atoms with van der Waals surface area (Å²) in [4.78, 5) is 8.76. The molecule has 102 valence electrons. The van der Waals surface area contributed by atoms with Gasteiger partial charge in [0.15, 0.2) is 0 Å². The lowest BCUT2D eigenvalue weighted by Crippen LogP contribution is -2.44. The first-order valence-electron chi connectivity index (χ1n) is 6.63. The van der Waals surface area contributed by atoms with Gasteiger partial charge in [-0.05, 0) is 18.6 Å². The van der Waals surface area contributed by atoms with Crippen LogP contribution in [0.1, 0.15) is 25.7 Å². The number of anilines is 1. The van der Waals surface area contributed by atoms with Crippen molar-refractivity contribution in [3.8, 4) is 0 Å². The summed E-state index contributed by atoms with van der Waals surface area (Å²) in [5.41, 5.74) is 0. The third kappa shape index (κ3) is 3.43. The molecule has 0 amide bonds. The van der Waals surface area contributed by atoms with Crippen LogP contribution in [-0.2, 0) is 6.42 Å². The maximum atomic E-state index is 9.71. The second-order valence-electron chi connectivity index (χ2n) is 4.93. The van der Waals surface area contributed by atoms with Crippen LogP contribution in [0.2, 0.25) is 0 Å². The van der Waals surface area contributed by atoms with E-state index >= 15 is 0 Å². The minimum Gasteiger partial charge on any atom is -0.393 e. The van der Waals surface area contributed by atoms with Gasteiger partial charge in [-0.1, -0.05) is 13.3 Å². The molecule has 1 aromatic rings. The number of aliphatic hydroxyl groups is 1. The molecule has 0 spiro atoms. The van der Waals surface area contributed by atoms with Crippen LogP contribution in [0, 0.1) is 0 Å². The Balaban J connectivity index is 1.89. The van der Waals surface area contributed by atoms with Gasteiger partial charge in [-0.25, -0.2) is 0 Å². The summed E-state index contributed by atoms with van der Waals surface area (Å²) < 4.78 is 5.19. The fourth-order valence-corrected chi connectivity index (χ4v) is 2.10. The van der Waals surface area contributed by atoms with E-state index in [2.05, 4.69) is 27.0 Å².